The summed E-state index contributed by atoms with van der Waals surface area (Å²) < 4.78 is 7.59. The number of fused-ring (bicyclic) bond motifs is 1. The lowest BCUT2D eigenvalue weighted by atomic mass is 10.2. The van der Waals surface area contributed by atoms with Gasteiger partial charge in [-0.3, -0.25) is 0 Å². The van der Waals surface area contributed by atoms with Crippen molar-refractivity contribution in [3.63, 3.8) is 0 Å². The molecule has 4 nitrogen and oxygen atoms in total. The van der Waals surface area contributed by atoms with Crippen molar-refractivity contribution in [2.45, 2.75) is 6.54 Å². The van der Waals surface area contributed by atoms with Crippen molar-refractivity contribution in [2.75, 3.05) is 13.7 Å². The Morgan fingerprint density at radius 3 is 3.06 bits per heavy atom. The first-order valence-electron chi connectivity index (χ1n) is 4.88. The van der Waals surface area contributed by atoms with E-state index >= 15 is 0 Å². The fourth-order valence-corrected chi connectivity index (χ4v) is 1.97. The van der Waals surface area contributed by atoms with Gasteiger partial charge in [0.05, 0.1) is 23.2 Å². The molecular formula is C11H11N3OS. The van der Waals surface area contributed by atoms with Gasteiger partial charge in [0, 0.05) is 13.7 Å². The molecule has 2 aromatic rings. The van der Waals surface area contributed by atoms with E-state index in [1.54, 1.807) is 13.2 Å². The first-order chi connectivity index (χ1) is 7.77. The average Bonchev–Trinajstić information content (AvgIpc) is 2.62. The summed E-state index contributed by atoms with van der Waals surface area (Å²) in [5.41, 5.74) is 2.35. The van der Waals surface area contributed by atoms with Crippen LogP contribution < -0.4 is 0 Å². The second kappa shape index (κ2) is 4.47. The van der Waals surface area contributed by atoms with Crippen molar-refractivity contribution in [2.24, 2.45) is 0 Å². The second-order valence-electron chi connectivity index (χ2n) is 3.39. The molecule has 0 radical (unpaired) electrons. The first-order valence-corrected chi connectivity index (χ1v) is 5.29. The molecule has 0 amide bonds. The monoisotopic (exact) mass is 233 g/mol. The third-order valence-electron chi connectivity index (χ3n) is 2.45. The van der Waals surface area contributed by atoms with Gasteiger partial charge >= 0.3 is 0 Å². The highest BCUT2D eigenvalue weighted by Crippen LogP contribution is 2.17. The lowest BCUT2D eigenvalue weighted by molar-refractivity contribution is 0.188. The Hall–Kier alpha value is -1.64. The van der Waals surface area contributed by atoms with Crippen LogP contribution in [0.1, 0.15) is 5.56 Å². The van der Waals surface area contributed by atoms with Gasteiger partial charge < -0.3 is 14.3 Å². The minimum atomic E-state index is 0.595. The maximum Gasteiger partial charge on any atom is 0.178 e. The molecule has 0 saturated heterocycles. The van der Waals surface area contributed by atoms with E-state index in [1.165, 1.54) is 0 Å². The van der Waals surface area contributed by atoms with Crippen LogP contribution in [0, 0.1) is 16.1 Å². The highest BCUT2D eigenvalue weighted by molar-refractivity contribution is 7.71. The second-order valence-corrected chi connectivity index (χ2v) is 3.77. The predicted octanol–water partition coefficient (Wildman–Crippen LogP) is 2.22. The van der Waals surface area contributed by atoms with E-state index in [0.29, 0.717) is 23.5 Å². The summed E-state index contributed by atoms with van der Waals surface area (Å²) >= 11 is 5.22. The Labute approximate surface area is 98.1 Å². The van der Waals surface area contributed by atoms with Gasteiger partial charge in [-0.1, -0.05) is 6.07 Å². The number of rotatable bonds is 3. The van der Waals surface area contributed by atoms with Crippen molar-refractivity contribution < 1.29 is 4.74 Å². The Balaban J connectivity index is 2.63. The zero-order valence-electron chi connectivity index (χ0n) is 8.86. The zero-order chi connectivity index (χ0) is 11.5. The Kier molecular flexibility index (Phi) is 3.04. The summed E-state index contributed by atoms with van der Waals surface area (Å²) in [6.07, 6.45) is 0. The molecule has 0 fully saturated rings. The molecule has 0 unspecified atom stereocenters. The van der Waals surface area contributed by atoms with Crippen LogP contribution in [0.4, 0.5) is 0 Å². The third-order valence-corrected chi connectivity index (χ3v) is 2.77. The number of para-hydroxylation sites is 1. The van der Waals surface area contributed by atoms with Crippen LogP contribution in [0.25, 0.3) is 11.0 Å². The highest BCUT2D eigenvalue weighted by atomic mass is 32.1. The van der Waals surface area contributed by atoms with Crippen molar-refractivity contribution >= 4 is 23.3 Å². The lowest BCUT2D eigenvalue weighted by Gasteiger charge is -2.02. The van der Waals surface area contributed by atoms with Gasteiger partial charge in [-0.05, 0) is 24.4 Å². The molecule has 0 aliphatic carbocycles. The Morgan fingerprint density at radius 2 is 2.38 bits per heavy atom. The molecule has 0 aliphatic rings. The molecule has 16 heavy (non-hydrogen) atoms. The van der Waals surface area contributed by atoms with Crippen molar-refractivity contribution in [3.05, 3.63) is 28.5 Å². The number of nitrogens with one attached hydrogen (secondary N) is 1. The number of hydrogen-bond donors (Lipinski definition) is 1. The van der Waals surface area contributed by atoms with Crippen molar-refractivity contribution in [1.82, 2.24) is 9.55 Å². The standard InChI is InChI=1S/C11H11N3OS/c1-15-6-5-14-9-4-2-3-8(7-12)10(9)13-11(14)16/h2-4H,5-6H2,1H3,(H,13,16). The lowest BCUT2D eigenvalue weighted by Crippen LogP contribution is -2.03. The predicted molar refractivity (Wildman–Crippen MR) is 63.7 cm³/mol. The maximum absolute atomic E-state index is 8.97. The molecule has 0 saturated carbocycles. The van der Waals surface area contributed by atoms with Crippen molar-refractivity contribution in [1.29, 1.82) is 5.26 Å². The summed E-state index contributed by atoms with van der Waals surface area (Å²) in [7, 11) is 1.65. The maximum atomic E-state index is 8.97. The SMILES string of the molecule is COCCn1c(=S)[nH]c2c(C#N)cccc21. The van der Waals surface area contributed by atoms with E-state index in [0.717, 1.165) is 11.0 Å². The van der Waals surface area contributed by atoms with Gasteiger partial charge in [0.15, 0.2) is 4.77 Å². The topological polar surface area (TPSA) is 53.7 Å². The minimum Gasteiger partial charge on any atom is -0.383 e. The molecule has 0 spiro atoms. The number of nitrogens with zero attached hydrogens (tertiary/aromatic N) is 2. The van der Waals surface area contributed by atoms with E-state index < -0.39 is 0 Å². The van der Waals surface area contributed by atoms with E-state index in [9.17, 15) is 0 Å². The summed E-state index contributed by atoms with van der Waals surface area (Å²) in [5.74, 6) is 0. The summed E-state index contributed by atoms with van der Waals surface area (Å²) in [5, 5.41) is 8.97. The molecule has 2 rings (SSSR count). The molecule has 1 aromatic heterocycles. The van der Waals surface area contributed by atoms with Gasteiger partial charge in [-0.15, -0.1) is 0 Å². The fourth-order valence-electron chi connectivity index (χ4n) is 1.68. The van der Waals surface area contributed by atoms with Crippen LogP contribution in [0.5, 0.6) is 0 Å². The third kappa shape index (κ3) is 1.73. The number of ether oxygens (including phenoxy) is 1. The number of nitriles is 1. The summed E-state index contributed by atoms with van der Waals surface area (Å²) in [6, 6.07) is 7.71. The number of aromatic amines is 1. The fraction of sp³-hybridized carbons (Fsp3) is 0.273. The van der Waals surface area contributed by atoms with Gasteiger partial charge in [-0.2, -0.15) is 5.26 Å². The van der Waals surface area contributed by atoms with Gasteiger partial charge in [0.25, 0.3) is 0 Å². The largest absolute Gasteiger partial charge is 0.383 e. The molecule has 1 N–H and O–H groups in total. The van der Waals surface area contributed by atoms with Crippen LogP contribution in [0.2, 0.25) is 0 Å². The molecular weight excluding hydrogens is 222 g/mol. The van der Waals surface area contributed by atoms with Crippen LogP contribution in [-0.2, 0) is 11.3 Å². The number of imidazole rings is 1. The smallest absolute Gasteiger partial charge is 0.178 e. The number of benzene rings is 1. The number of aromatic nitrogens is 2. The van der Waals surface area contributed by atoms with Crippen LogP contribution >= 0.6 is 12.2 Å². The minimum absolute atomic E-state index is 0.595. The summed E-state index contributed by atoms with van der Waals surface area (Å²) in [4.78, 5) is 3.06. The highest BCUT2D eigenvalue weighted by Gasteiger charge is 2.07. The van der Waals surface area contributed by atoms with Crippen LogP contribution in [0.15, 0.2) is 18.2 Å². The van der Waals surface area contributed by atoms with E-state index in [4.69, 9.17) is 22.2 Å². The quantitative estimate of drug-likeness (QED) is 0.827. The normalized spacial score (nSPS) is 10.5. The van der Waals surface area contributed by atoms with E-state index in [-0.39, 0.29) is 0 Å². The van der Waals surface area contributed by atoms with E-state index in [1.807, 2.05) is 16.7 Å². The van der Waals surface area contributed by atoms with Gasteiger partial charge in [-0.25, -0.2) is 0 Å². The average molecular weight is 233 g/mol. The summed E-state index contributed by atoms with van der Waals surface area (Å²) in [6.45, 7) is 1.28. The molecule has 5 heteroatoms. The first kappa shape index (κ1) is 10.9. The molecule has 0 atom stereocenters. The zero-order valence-corrected chi connectivity index (χ0v) is 9.67. The number of hydrogen-bond acceptors (Lipinski definition) is 3. The molecule has 0 aliphatic heterocycles. The number of H-pyrrole nitrogens is 1. The van der Waals surface area contributed by atoms with Crippen LogP contribution in [-0.4, -0.2) is 23.3 Å². The van der Waals surface area contributed by atoms with Crippen molar-refractivity contribution in [3.8, 4) is 6.07 Å². The molecule has 82 valence electrons. The van der Waals surface area contributed by atoms with E-state index in [2.05, 4.69) is 11.1 Å². The number of methoxy groups -OCH3 is 1. The van der Waals surface area contributed by atoms with Gasteiger partial charge in [0.1, 0.15) is 6.07 Å². The Morgan fingerprint density at radius 1 is 1.56 bits per heavy atom. The van der Waals surface area contributed by atoms with Crippen LogP contribution in [0.3, 0.4) is 0 Å². The molecule has 0 bridgehead atoms. The Bertz CT molecular complexity index is 606. The molecule has 1 heterocycles. The molecule has 1 aromatic carbocycles. The van der Waals surface area contributed by atoms with Gasteiger partial charge in [0.2, 0.25) is 0 Å².